The highest BCUT2D eigenvalue weighted by Gasteiger charge is 2.23. The molecule has 1 heterocycles. The van der Waals surface area contributed by atoms with Crippen LogP contribution in [0.15, 0.2) is 52.9 Å². The summed E-state index contributed by atoms with van der Waals surface area (Å²) < 4.78 is 10.2. The van der Waals surface area contributed by atoms with Crippen molar-refractivity contribution in [3.8, 4) is 0 Å². The first-order valence-electron chi connectivity index (χ1n) is 6.77. The van der Waals surface area contributed by atoms with Gasteiger partial charge in [-0.05, 0) is 30.3 Å². The van der Waals surface area contributed by atoms with E-state index in [1.165, 1.54) is 7.11 Å². The van der Waals surface area contributed by atoms with Crippen LogP contribution in [0.3, 0.4) is 0 Å². The number of esters is 1. The van der Waals surface area contributed by atoms with Crippen molar-refractivity contribution in [3.63, 3.8) is 0 Å². The standard InChI is InChI=1S/C17H12ClNO4/c1-22-17(21)15-14(12-9-11(18)7-8-13(12)23-15)19-16(20)10-5-3-2-4-6-10/h2-9H,1H3,(H,19,20). The average Bonchev–Trinajstić information content (AvgIpc) is 2.93. The lowest BCUT2D eigenvalue weighted by molar-refractivity contribution is 0.0569. The Labute approximate surface area is 136 Å². The minimum Gasteiger partial charge on any atom is -0.463 e. The molecule has 0 aliphatic rings. The van der Waals surface area contributed by atoms with E-state index in [1.54, 1.807) is 42.5 Å². The number of amides is 1. The van der Waals surface area contributed by atoms with Crippen molar-refractivity contribution in [1.29, 1.82) is 0 Å². The van der Waals surface area contributed by atoms with E-state index in [4.69, 9.17) is 20.8 Å². The first-order chi connectivity index (χ1) is 11.1. The van der Waals surface area contributed by atoms with Gasteiger partial charge in [0.05, 0.1) is 7.11 Å². The number of fused-ring (bicyclic) bond motifs is 1. The number of methoxy groups -OCH3 is 1. The Morgan fingerprint density at radius 2 is 1.87 bits per heavy atom. The molecule has 0 aliphatic heterocycles. The normalized spacial score (nSPS) is 10.5. The third-order valence-electron chi connectivity index (χ3n) is 3.30. The maximum atomic E-state index is 12.4. The first-order valence-corrected chi connectivity index (χ1v) is 7.14. The Balaban J connectivity index is 2.09. The molecule has 0 spiro atoms. The van der Waals surface area contributed by atoms with Crippen molar-refractivity contribution in [2.24, 2.45) is 0 Å². The fourth-order valence-electron chi connectivity index (χ4n) is 2.21. The van der Waals surface area contributed by atoms with Crippen LogP contribution in [-0.4, -0.2) is 19.0 Å². The van der Waals surface area contributed by atoms with Gasteiger partial charge in [-0.2, -0.15) is 0 Å². The van der Waals surface area contributed by atoms with Crippen molar-refractivity contribution in [1.82, 2.24) is 0 Å². The summed E-state index contributed by atoms with van der Waals surface area (Å²) in [4.78, 5) is 24.3. The van der Waals surface area contributed by atoms with E-state index in [-0.39, 0.29) is 17.4 Å². The molecular formula is C17H12ClNO4. The highest BCUT2D eigenvalue weighted by molar-refractivity contribution is 6.31. The lowest BCUT2D eigenvalue weighted by atomic mass is 10.2. The monoisotopic (exact) mass is 329 g/mol. The number of furan rings is 1. The van der Waals surface area contributed by atoms with Gasteiger partial charge in [0.25, 0.3) is 5.91 Å². The fraction of sp³-hybridized carbons (Fsp3) is 0.0588. The molecule has 0 radical (unpaired) electrons. The summed E-state index contributed by atoms with van der Waals surface area (Å²) in [6, 6.07) is 13.5. The number of hydrogen-bond donors (Lipinski definition) is 1. The quantitative estimate of drug-likeness (QED) is 0.734. The summed E-state index contributed by atoms with van der Waals surface area (Å²) in [6.07, 6.45) is 0. The van der Waals surface area contributed by atoms with Crippen LogP contribution in [0.2, 0.25) is 5.02 Å². The van der Waals surface area contributed by atoms with Gasteiger partial charge < -0.3 is 14.5 Å². The molecule has 0 fully saturated rings. The van der Waals surface area contributed by atoms with Gasteiger partial charge in [0.2, 0.25) is 5.76 Å². The van der Waals surface area contributed by atoms with Gasteiger partial charge >= 0.3 is 5.97 Å². The number of nitrogens with one attached hydrogen (secondary N) is 1. The van der Waals surface area contributed by atoms with Crippen LogP contribution >= 0.6 is 11.6 Å². The van der Waals surface area contributed by atoms with Crippen LogP contribution in [0.4, 0.5) is 5.69 Å². The Kier molecular flexibility index (Phi) is 4.04. The topological polar surface area (TPSA) is 68.5 Å². The van der Waals surface area contributed by atoms with E-state index >= 15 is 0 Å². The zero-order chi connectivity index (χ0) is 16.4. The molecule has 0 atom stereocenters. The third kappa shape index (κ3) is 2.91. The number of rotatable bonds is 3. The predicted octanol–water partition coefficient (Wildman–Crippen LogP) is 4.13. The number of ether oxygens (including phenoxy) is 1. The minimum atomic E-state index is -0.680. The number of anilines is 1. The molecule has 6 heteroatoms. The van der Waals surface area contributed by atoms with Gasteiger partial charge in [-0.25, -0.2) is 4.79 Å². The van der Waals surface area contributed by atoms with Crippen molar-refractivity contribution in [2.75, 3.05) is 12.4 Å². The summed E-state index contributed by atoms with van der Waals surface area (Å²) in [7, 11) is 1.24. The number of carbonyl (C=O) groups excluding carboxylic acids is 2. The van der Waals surface area contributed by atoms with Crippen LogP contribution in [0.1, 0.15) is 20.9 Å². The predicted molar refractivity (Wildman–Crippen MR) is 87.0 cm³/mol. The Morgan fingerprint density at radius 1 is 1.13 bits per heavy atom. The molecule has 1 N–H and O–H groups in total. The van der Waals surface area contributed by atoms with Crippen LogP contribution < -0.4 is 5.32 Å². The molecule has 23 heavy (non-hydrogen) atoms. The number of halogens is 1. The van der Waals surface area contributed by atoms with E-state index in [1.807, 2.05) is 6.07 Å². The molecule has 116 valence electrons. The van der Waals surface area contributed by atoms with Crippen LogP contribution in [0.25, 0.3) is 11.0 Å². The molecule has 0 saturated heterocycles. The summed E-state index contributed by atoms with van der Waals surface area (Å²) in [5.74, 6) is -1.12. The molecule has 2 aromatic carbocycles. The summed E-state index contributed by atoms with van der Waals surface area (Å²) in [5, 5.41) is 3.69. The molecule has 1 amide bonds. The third-order valence-corrected chi connectivity index (χ3v) is 3.53. The maximum Gasteiger partial charge on any atom is 0.376 e. The van der Waals surface area contributed by atoms with Gasteiger partial charge in [-0.3, -0.25) is 4.79 Å². The van der Waals surface area contributed by atoms with Crippen molar-refractivity contribution in [2.45, 2.75) is 0 Å². The molecular weight excluding hydrogens is 318 g/mol. The lowest BCUT2D eigenvalue weighted by Gasteiger charge is -2.05. The molecule has 0 bridgehead atoms. The summed E-state index contributed by atoms with van der Waals surface area (Å²) in [5.41, 5.74) is 1.13. The Morgan fingerprint density at radius 3 is 2.57 bits per heavy atom. The van der Waals surface area contributed by atoms with Gasteiger partial charge in [0.15, 0.2) is 0 Å². The van der Waals surface area contributed by atoms with Crippen molar-refractivity contribution >= 4 is 40.1 Å². The average molecular weight is 330 g/mol. The van der Waals surface area contributed by atoms with Gasteiger partial charge in [-0.1, -0.05) is 29.8 Å². The van der Waals surface area contributed by atoms with Crippen molar-refractivity contribution in [3.05, 3.63) is 64.9 Å². The molecule has 0 saturated carbocycles. The minimum absolute atomic E-state index is 0.0750. The second-order valence-electron chi connectivity index (χ2n) is 4.76. The second-order valence-corrected chi connectivity index (χ2v) is 5.19. The largest absolute Gasteiger partial charge is 0.463 e. The van der Waals surface area contributed by atoms with E-state index in [9.17, 15) is 9.59 Å². The number of hydrogen-bond acceptors (Lipinski definition) is 4. The zero-order valence-electron chi connectivity index (χ0n) is 12.1. The summed E-state index contributed by atoms with van der Waals surface area (Å²) >= 11 is 6.00. The maximum absolute atomic E-state index is 12.4. The summed E-state index contributed by atoms with van der Waals surface area (Å²) in [6.45, 7) is 0. The van der Waals surface area contributed by atoms with Crippen LogP contribution in [0, 0.1) is 0 Å². The highest BCUT2D eigenvalue weighted by Crippen LogP contribution is 2.33. The van der Waals surface area contributed by atoms with E-state index < -0.39 is 5.97 Å². The Bertz CT molecular complexity index is 886. The lowest BCUT2D eigenvalue weighted by Crippen LogP contribution is -2.14. The second kappa shape index (κ2) is 6.14. The highest BCUT2D eigenvalue weighted by atomic mass is 35.5. The van der Waals surface area contributed by atoms with E-state index in [0.29, 0.717) is 21.6 Å². The zero-order valence-corrected chi connectivity index (χ0v) is 12.9. The Hall–Kier alpha value is -2.79. The first kappa shape index (κ1) is 15.1. The fourth-order valence-corrected chi connectivity index (χ4v) is 2.38. The molecule has 5 nitrogen and oxygen atoms in total. The molecule has 1 aromatic heterocycles. The SMILES string of the molecule is COC(=O)c1oc2ccc(Cl)cc2c1NC(=O)c1ccccc1. The van der Waals surface area contributed by atoms with Crippen LogP contribution in [0.5, 0.6) is 0 Å². The molecule has 3 aromatic rings. The smallest absolute Gasteiger partial charge is 0.376 e. The molecule has 0 aliphatic carbocycles. The van der Waals surface area contributed by atoms with Crippen LogP contribution in [-0.2, 0) is 4.74 Å². The van der Waals surface area contributed by atoms with Crippen molar-refractivity contribution < 1.29 is 18.7 Å². The van der Waals surface area contributed by atoms with E-state index in [0.717, 1.165) is 0 Å². The van der Waals surface area contributed by atoms with E-state index in [2.05, 4.69) is 5.32 Å². The van der Waals surface area contributed by atoms with Gasteiger partial charge in [0.1, 0.15) is 11.3 Å². The number of carbonyl (C=O) groups is 2. The number of benzene rings is 2. The van der Waals surface area contributed by atoms with Gasteiger partial charge in [-0.15, -0.1) is 0 Å². The molecule has 0 unspecified atom stereocenters. The van der Waals surface area contributed by atoms with Gasteiger partial charge in [0, 0.05) is 16.0 Å². The molecule has 3 rings (SSSR count).